The van der Waals surface area contributed by atoms with Crippen LogP contribution in [0.4, 0.5) is 9.59 Å². The first kappa shape index (κ1) is 27.1. The number of carbonyl (C=O) groups is 2. The van der Waals surface area contributed by atoms with Crippen LogP contribution in [0, 0.1) is 0 Å². The van der Waals surface area contributed by atoms with Crippen LogP contribution >= 0.6 is 0 Å². The van der Waals surface area contributed by atoms with Gasteiger partial charge in [-0.15, -0.1) is 0 Å². The minimum Gasteiger partial charge on any atom is -0.444 e. The van der Waals surface area contributed by atoms with Crippen LogP contribution in [0.15, 0.2) is 48.7 Å². The van der Waals surface area contributed by atoms with Crippen molar-refractivity contribution in [2.75, 3.05) is 13.1 Å². The Labute approximate surface area is 201 Å². The molecule has 0 aliphatic heterocycles. The molecule has 0 saturated heterocycles. The molecule has 0 saturated carbocycles. The van der Waals surface area contributed by atoms with Crippen LogP contribution in [-0.2, 0) is 16.0 Å². The van der Waals surface area contributed by atoms with E-state index in [1.54, 1.807) is 52.7 Å². The zero-order valence-electron chi connectivity index (χ0n) is 20.8. The molecule has 34 heavy (non-hydrogen) atoms. The fourth-order valence-electron chi connectivity index (χ4n) is 2.95. The average molecular weight is 473 g/mol. The number of hydrazine groups is 1. The van der Waals surface area contributed by atoms with Gasteiger partial charge in [-0.1, -0.05) is 30.3 Å². The third-order valence-corrected chi connectivity index (χ3v) is 4.25. The van der Waals surface area contributed by atoms with E-state index < -0.39 is 29.5 Å². The number of benzene rings is 1. The summed E-state index contributed by atoms with van der Waals surface area (Å²) >= 11 is 0. The lowest BCUT2D eigenvalue weighted by Crippen LogP contribution is -2.49. The lowest BCUT2D eigenvalue weighted by molar-refractivity contribution is 0.0185. The van der Waals surface area contributed by atoms with E-state index in [9.17, 15) is 14.7 Å². The standard InChI is InChI=1S/C25H36N4O5/c1-24(2,3)33-22(31)27-15-20(30)17-29(28-23(32)34-25(4,5)6)16-18-10-12-19(13-11-18)21-9-7-8-14-26-21/h7-14,20,30H,15-17H2,1-6H3,(H,27,31)(H,28,32). The maximum atomic E-state index is 12.3. The molecule has 1 aromatic carbocycles. The number of rotatable bonds is 8. The lowest BCUT2D eigenvalue weighted by Gasteiger charge is -2.28. The van der Waals surface area contributed by atoms with E-state index in [2.05, 4.69) is 15.7 Å². The van der Waals surface area contributed by atoms with Gasteiger partial charge in [0.1, 0.15) is 11.2 Å². The van der Waals surface area contributed by atoms with Crippen molar-refractivity contribution in [2.45, 2.75) is 65.4 Å². The molecule has 1 unspecified atom stereocenters. The highest BCUT2D eigenvalue weighted by Gasteiger charge is 2.22. The predicted octanol–water partition coefficient (Wildman–Crippen LogP) is 3.88. The van der Waals surface area contributed by atoms with Crippen LogP contribution < -0.4 is 10.7 Å². The Morgan fingerprint density at radius 3 is 2.15 bits per heavy atom. The molecule has 1 aromatic heterocycles. The van der Waals surface area contributed by atoms with Crippen LogP contribution in [0.25, 0.3) is 11.3 Å². The number of hydrogen-bond donors (Lipinski definition) is 3. The number of nitrogens with one attached hydrogen (secondary N) is 2. The van der Waals surface area contributed by atoms with Crippen molar-refractivity contribution < 1.29 is 24.2 Å². The van der Waals surface area contributed by atoms with E-state index >= 15 is 0 Å². The monoisotopic (exact) mass is 472 g/mol. The van der Waals surface area contributed by atoms with Crippen molar-refractivity contribution in [1.29, 1.82) is 0 Å². The second-order valence-electron chi connectivity index (χ2n) is 9.94. The second kappa shape index (κ2) is 11.8. The highest BCUT2D eigenvalue weighted by atomic mass is 16.6. The third-order valence-electron chi connectivity index (χ3n) is 4.25. The molecule has 2 rings (SSSR count). The Kier molecular flexibility index (Phi) is 9.40. The van der Waals surface area contributed by atoms with Crippen molar-refractivity contribution in [3.05, 3.63) is 54.2 Å². The minimum absolute atomic E-state index is 0.0416. The number of carbonyl (C=O) groups excluding carboxylic acids is 2. The Morgan fingerprint density at radius 1 is 0.971 bits per heavy atom. The van der Waals surface area contributed by atoms with Crippen molar-refractivity contribution in [3.8, 4) is 11.3 Å². The number of hydrogen-bond acceptors (Lipinski definition) is 7. The predicted molar refractivity (Wildman–Crippen MR) is 130 cm³/mol. The molecule has 0 spiro atoms. The smallest absolute Gasteiger partial charge is 0.422 e. The molecule has 2 amide bonds. The number of amides is 2. The molecule has 0 radical (unpaired) electrons. The van der Waals surface area contributed by atoms with Crippen LogP contribution in [0.3, 0.4) is 0 Å². The van der Waals surface area contributed by atoms with E-state index in [4.69, 9.17) is 9.47 Å². The molecule has 0 fully saturated rings. The molecule has 9 heteroatoms. The summed E-state index contributed by atoms with van der Waals surface area (Å²) in [6.07, 6.45) is -0.480. The molecule has 9 nitrogen and oxygen atoms in total. The van der Waals surface area contributed by atoms with Gasteiger partial charge in [-0.3, -0.25) is 10.4 Å². The summed E-state index contributed by atoms with van der Waals surface area (Å²) in [7, 11) is 0. The van der Waals surface area contributed by atoms with Gasteiger partial charge in [0.25, 0.3) is 0 Å². The molecule has 186 valence electrons. The van der Waals surface area contributed by atoms with Crippen LogP contribution in [0.1, 0.15) is 47.1 Å². The number of aromatic nitrogens is 1. The second-order valence-corrected chi connectivity index (χ2v) is 9.94. The quantitative estimate of drug-likeness (QED) is 0.500. The van der Waals surface area contributed by atoms with Gasteiger partial charge in [0.2, 0.25) is 0 Å². The van der Waals surface area contributed by atoms with Gasteiger partial charge < -0.3 is 19.9 Å². The van der Waals surface area contributed by atoms with Gasteiger partial charge in [0, 0.05) is 31.4 Å². The highest BCUT2D eigenvalue weighted by molar-refractivity contribution is 5.68. The molecule has 3 N–H and O–H groups in total. The Morgan fingerprint density at radius 2 is 1.59 bits per heavy atom. The van der Waals surface area contributed by atoms with Gasteiger partial charge in [-0.2, -0.15) is 0 Å². The fourth-order valence-corrected chi connectivity index (χ4v) is 2.95. The lowest BCUT2D eigenvalue weighted by atomic mass is 10.1. The fraction of sp³-hybridized carbons (Fsp3) is 0.480. The van der Waals surface area contributed by atoms with E-state index in [0.717, 1.165) is 16.8 Å². The number of aliphatic hydroxyl groups excluding tert-OH is 1. The zero-order valence-corrected chi connectivity index (χ0v) is 20.8. The van der Waals surface area contributed by atoms with E-state index in [1.807, 2.05) is 42.5 Å². The molecule has 2 aromatic rings. The first-order valence-corrected chi connectivity index (χ1v) is 11.2. The average Bonchev–Trinajstić information content (AvgIpc) is 2.71. The van der Waals surface area contributed by atoms with Crippen LogP contribution in [0.2, 0.25) is 0 Å². The molecular weight excluding hydrogens is 436 g/mol. The van der Waals surface area contributed by atoms with E-state index in [-0.39, 0.29) is 13.1 Å². The van der Waals surface area contributed by atoms with Crippen LogP contribution in [0.5, 0.6) is 0 Å². The number of nitrogens with zero attached hydrogens (tertiary/aromatic N) is 2. The van der Waals surface area contributed by atoms with Crippen molar-refractivity contribution in [1.82, 2.24) is 20.7 Å². The normalized spacial score (nSPS) is 12.7. The number of aliphatic hydroxyl groups is 1. The topological polar surface area (TPSA) is 113 Å². The summed E-state index contributed by atoms with van der Waals surface area (Å²) in [5.41, 5.74) is 4.11. The zero-order chi connectivity index (χ0) is 25.4. The summed E-state index contributed by atoms with van der Waals surface area (Å²) in [4.78, 5) is 28.6. The first-order chi connectivity index (χ1) is 15.8. The first-order valence-electron chi connectivity index (χ1n) is 11.2. The Bertz CT molecular complexity index is 921. The summed E-state index contributed by atoms with van der Waals surface area (Å²) in [6, 6.07) is 13.5. The summed E-state index contributed by atoms with van der Waals surface area (Å²) < 4.78 is 10.5. The summed E-state index contributed by atoms with van der Waals surface area (Å²) in [5, 5.41) is 14.6. The summed E-state index contributed by atoms with van der Waals surface area (Å²) in [5.74, 6) is 0. The van der Waals surface area contributed by atoms with Crippen molar-refractivity contribution >= 4 is 12.2 Å². The highest BCUT2D eigenvalue weighted by Crippen LogP contribution is 2.17. The van der Waals surface area contributed by atoms with Crippen LogP contribution in [-0.4, -0.2) is 57.7 Å². The maximum Gasteiger partial charge on any atom is 0.422 e. The van der Waals surface area contributed by atoms with E-state index in [1.165, 1.54) is 0 Å². The van der Waals surface area contributed by atoms with Gasteiger partial charge in [0.15, 0.2) is 0 Å². The molecule has 1 atom stereocenters. The van der Waals surface area contributed by atoms with E-state index in [0.29, 0.717) is 6.54 Å². The SMILES string of the molecule is CC(C)(C)OC(=O)NCC(O)CN(Cc1ccc(-c2ccccn2)cc1)NC(=O)OC(C)(C)C. The molecule has 1 heterocycles. The molecule has 0 aliphatic rings. The van der Waals surface area contributed by atoms with Crippen molar-refractivity contribution in [3.63, 3.8) is 0 Å². The molecular formula is C25H36N4O5. The minimum atomic E-state index is -0.963. The number of alkyl carbamates (subject to hydrolysis) is 1. The summed E-state index contributed by atoms with van der Waals surface area (Å²) in [6.45, 7) is 10.9. The third kappa shape index (κ3) is 10.6. The van der Waals surface area contributed by atoms with Gasteiger partial charge in [-0.05, 0) is 59.2 Å². The molecule has 0 bridgehead atoms. The van der Waals surface area contributed by atoms with Crippen molar-refractivity contribution in [2.24, 2.45) is 0 Å². The van der Waals surface area contributed by atoms with Gasteiger partial charge >= 0.3 is 12.2 Å². The Balaban J connectivity index is 2.03. The molecule has 0 aliphatic carbocycles. The maximum absolute atomic E-state index is 12.3. The Hall–Kier alpha value is -3.17. The number of pyridine rings is 1. The van der Waals surface area contributed by atoms with Gasteiger partial charge in [0.05, 0.1) is 11.8 Å². The number of ether oxygens (including phenoxy) is 2. The largest absolute Gasteiger partial charge is 0.444 e. The van der Waals surface area contributed by atoms with Gasteiger partial charge in [-0.25, -0.2) is 14.6 Å².